The number of carbonyl (C=O) groups is 2. The zero-order valence-corrected chi connectivity index (χ0v) is 19.7. The lowest BCUT2D eigenvalue weighted by Crippen LogP contribution is -2.06. The van der Waals surface area contributed by atoms with E-state index in [4.69, 9.17) is 5.11 Å². The second-order valence-electron chi connectivity index (χ2n) is 8.89. The molecule has 4 heteroatoms. The molecule has 0 aliphatic carbocycles. The highest BCUT2D eigenvalue weighted by molar-refractivity contribution is 5.93. The highest BCUT2D eigenvalue weighted by Gasteiger charge is 2.13. The number of carboxylic acid groups (broad SMARTS) is 2. The summed E-state index contributed by atoms with van der Waals surface area (Å²) in [6.45, 7) is 2.27. The monoisotopic (exact) mass is 432 g/mol. The lowest BCUT2D eigenvalue weighted by Gasteiger charge is -2.08. The molecule has 0 saturated carbocycles. The molecule has 0 saturated heterocycles. The van der Waals surface area contributed by atoms with Crippen molar-refractivity contribution in [2.24, 2.45) is 0 Å². The van der Waals surface area contributed by atoms with Gasteiger partial charge in [0.25, 0.3) is 0 Å². The van der Waals surface area contributed by atoms with Crippen LogP contribution in [0.3, 0.4) is 0 Å². The molecule has 0 aliphatic heterocycles. The van der Waals surface area contributed by atoms with Gasteiger partial charge in [0.2, 0.25) is 0 Å². The molecule has 31 heavy (non-hydrogen) atoms. The van der Waals surface area contributed by atoms with Crippen LogP contribution in [0.4, 0.5) is 0 Å². The molecule has 0 amide bonds. The molecule has 0 aliphatic rings. The molecule has 0 unspecified atom stereocenters. The van der Waals surface area contributed by atoms with Gasteiger partial charge in [0, 0.05) is 0 Å². The fourth-order valence-electron chi connectivity index (χ4n) is 4.18. The van der Waals surface area contributed by atoms with Gasteiger partial charge in [0.1, 0.15) is 0 Å². The maximum atomic E-state index is 11.3. The van der Waals surface area contributed by atoms with E-state index in [9.17, 15) is 14.7 Å². The summed E-state index contributed by atoms with van der Waals surface area (Å²) >= 11 is 0. The Morgan fingerprint density at radius 3 is 1.42 bits per heavy atom. The summed E-state index contributed by atoms with van der Waals surface area (Å²) in [5.41, 5.74) is 1.02. The van der Waals surface area contributed by atoms with Crippen molar-refractivity contribution < 1.29 is 19.8 Å². The van der Waals surface area contributed by atoms with Gasteiger partial charge < -0.3 is 10.2 Å². The van der Waals surface area contributed by atoms with Crippen LogP contribution >= 0.6 is 0 Å². The predicted octanol–water partition coefficient (Wildman–Crippen LogP) is 8.28. The molecule has 4 nitrogen and oxygen atoms in total. The number of benzene rings is 1. The van der Waals surface area contributed by atoms with E-state index in [1.807, 2.05) is 0 Å². The van der Waals surface area contributed by atoms with Crippen LogP contribution in [0.25, 0.3) is 0 Å². The minimum Gasteiger partial charge on any atom is -0.478 e. The highest BCUT2D eigenvalue weighted by atomic mass is 16.4. The van der Waals surface area contributed by atoms with Crippen LogP contribution in [0.2, 0.25) is 0 Å². The summed E-state index contributed by atoms with van der Waals surface area (Å²) in [6, 6.07) is 4.29. The number of aryl methyl sites for hydroxylation is 1. The Morgan fingerprint density at radius 1 is 0.613 bits per heavy atom. The summed E-state index contributed by atoms with van der Waals surface area (Å²) < 4.78 is 0. The fraction of sp³-hybridized carbons (Fsp3) is 0.704. The van der Waals surface area contributed by atoms with Crippen LogP contribution in [-0.2, 0) is 6.42 Å². The second-order valence-corrected chi connectivity index (χ2v) is 8.89. The third-order valence-electron chi connectivity index (χ3n) is 6.13. The Hall–Kier alpha value is -1.84. The molecule has 0 radical (unpaired) electrons. The van der Waals surface area contributed by atoms with Gasteiger partial charge in [-0.3, -0.25) is 0 Å². The quantitative estimate of drug-likeness (QED) is 0.203. The minimum absolute atomic E-state index is 0.159. The van der Waals surface area contributed by atoms with E-state index in [-0.39, 0.29) is 11.1 Å². The van der Waals surface area contributed by atoms with Crippen LogP contribution in [0.5, 0.6) is 0 Å². The summed E-state index contributed by atoms with van der Waals surface area (Å²) in [4.78, 5) is 22.5. The van der Waals surface area contributed by atoms with Gasteiger partial charge in [-0.15, -0.1) is 0 Å². The van der Waals surface area contributed by atoms with Crippen molar-refractivity contribution in [2.45, 2.75) is 122 Å². The molecule has 0 fully saturated rings. The maximum Gasteiger partial charge on any atom is 0.335 e. The molecule has 0 bridgehead atoms. The number of carboxylic acids is 2. The van der Waals surface area contributed by atoms with Crippen molar-refractivity contribution in [3.63, 3.8) is 0 Å². The van der Waals surface area contributed by atoms with E-state index < -0.39 is 11.9 Å². The number of rotatable bonds is 20. The largest absolute Gasteiger partial charge is 0.478 e. The van der Waals surface area contributed by atoms with Gasteiger partial charge >= 0.3 is 11.9 Å². The Morgan fingerprint density at radius 2 is 1.03 bits per heavy atom. The molecular formula is C27H44O4. The molecule has 2 N–H and O–H groups in total. The molecule has 1 aromatic rings. The first-order valence-corrected chi connectivity index (χ1v) is 12.7. The van der Waals surface area contributed by atoms with Crippen LogP contribution in [0.15, 0.2) is 18.2 Å². The first kappa shape index (κ1) is 27.2. The normalized spacial score (nSPS) is 11.0. The van der Waals surface area contributed by atoms with E-state index in [1.165, 1.54) is 115 Å². The lowest BCUT2D eigenvalue weighted by atomic mass is 9.98. The van der Waals surface area contributed by atoms with Crippen LogP contribution in [-0.4, -0.2) is 22.2 Å². The first-order valence-electron chi connectivity index (χ1n) is 12.7. The van der Waals surface area contributed by atoms with E-state index >= 15 is 0 Å². The molecule has 0 aromatic heterocycles. The third-order valence-corrected chi connectivity index (χ3v) is 6.13. The van der Waals surface area contributed by atoms with Crippen LogP contribution in [0.1, 0.15) is 142 Å². The van der Waals surface area contributed by atoms with Crippen molar-refractivity contribution >= 4 is 11.9 Å². The number of hydrogen-bond acceptors (Lipinski definition) is 2. The molecule has 176 valence electrons. The van der Waals surface area contributed by atoms with Crippen molar-refractivity contribution in [3.05, 3.63) is 34.9 Å². The Balaban J connectivity index is 1.99. The second kappa shape index (κ2) is 17.8. The van der Waals surface area contributed by atoms with Gasteiger partial charge in [0.05, 0.1) is 11.1 Å². The van der Waals surface area contributed by atoms with Gasteiger partial charge in [-0.1, -0.05) is 110 Å². The third kappa shape index (κ3) is 13.2. The van der Waals surface area contributed by atoms with Crippen LogP contribution < -0.4 is 0 Å². The Labute approximate surface area is 189 Å². The minimum atomic E-state index is -1.01. The zero-order valence-electron chi connectivity index (χ0n) is 19.7. The SMILES string of the molecule is CCCCCCCCCCCCCCCCCCCc1cc(C(=O)O)ccc1C(=O)O. The molecule has 1 rings (SSSR count). The number of hydrogen-bond donors (Lipinski definition) is 2. The molecule has 0 spiro atoms. The van der Waals surface area contributed by atoms with Crippen molar-refractivity contribution in [1.82, 2.24) is 0 Å². The molecule has 0 heterocycles. The van der Waals surface area contributed by atoms with Gasteiger partial charge in [-0.2, -0.15) is 0 Å². The molecule has 1 aromatic carbocycles. The summed E-state index contributed by atoms with van der Waals surface area (Å²) in [5, 5.41) is 18.4. The van der Waals surface area contributed by atoms with E-state index in [2.05, 4.69) is 6.92 Å². The lowest BCUT2D eigenvalue weighted by molar-refractivity contribution is 0.0680. The maximum absolute atomic E-state index is 11.3. The zero-order chi connectivity index (χ0) is 22.7. The topological polar surface area (TPSA) is 74.6 Å². The number of unbranched alkanes of at least 4 members (excludes halogenated alkanes) is 16. The van der Waals surface area contributed by atoms with Gasteiger partial charge in [-0.05, 0) is 36.6 Å². The van der Waals surface area contributed by atoms with Crippen LogP contribution in [0, 0.1) is 0 Å². The summed E-state index contributed by atoms with van der Waals surface area (Å²) in [6.07, 6.45) is 22.9. The summed E-state index contributed by atoms with van der Waals surface area (Å²) in [5.74, 6) is -2.00. The average Bonchev–Trinajstić information content (AvgIpc) is 2.75. The first-order chi connectivity index (χ1) is 15.1. The van der Waals surface area contributed by atoms with Crippen molar-refractivity contribution in [1.29, 1.82) is 0 Å². The van der Waals surface area contributed by atoms with Gasteiger partial charge in [-0.25, -0.2) is 9.59 Å². The predicted molar refractivity (Wildman–Crippen MR) is 128 cm³/mol. The number of aromatic carboxylic acids is 2. The van der Waals surface area contributed by atoms with Crippen molar-refractivity contribution in [3.8, 4) is 0 Å². The van der Waals surface area contributed by atoms with E-state index in [0.29, 0.717) is 12.0 Å². The van der Waals surface area contributed by atoms with E-state index in [0.717, 1.165) is 12.8 Å². The molecular weight excluding hydrogens is 388 g/mol. The Bertz CT molecular complexity index is 624. The Kier molecular flexibility index (Phi) is 15.6. The fourth-order valence-corrected chi connectivity index (χ4v) is 4.18. The standard InChI is InChI=1S/C27H44O4/c1-2-3-4-5-6-7-8-9-10-11-12-13-14-15-16-17-18-19-23-22-24(26(28)29)20-21-25(23)27(30)31/h20-22H,2-19H2,1H3,(H,28,29)(H,30,31). The van der Waals surface area contributed by atoms with Gasteiger partial charge in [0.15, 0.2) is 0 Å². The molecule has 0 atom stereocenters. The average molecular weight is 433 g/mol. The smallest absolute Gasteiger partial charge is 0.335 e. The highest BCUT2D eigenvalue weighted by Crippen LogP contribution is 2.18. The van der Waals surface area contributed by atoms with E-state index in [1.54, 1.807) is 0 Å². The van der Waals surface area contributed by atoms with Crippen molar-refractivity contribution in [2.75, 3.05) is 0 Å². The summed E-state index contributed by atoms with van der Waals surface area (Å²) in [7, 11) is 0.